The summed E-state index contributed by atoms with van der Waals surface area (Å²) in [4.78, 5) is 12.4. The molecule has 0 atom stereocenters. The van der Waals surface area contributed by atoms with E-state index in [1.807, 2.05) is 26.8 Å². The fourth-order valence-corrected chi connectivity index (χ4v) is 3.08. The summed E-state index contributed by atoms with van der Waals surface area (Å²) in [6, 6.07) is 8.42. The Morgan fingerprint density at radius 3 is 2.68 bits per heavy atom. The van der Waals surface area contributed by atoms with Crippen molar-refractivity contribution in [3.63, 3.8) is 0 Å². The summed E-state index contributed by atoms with van der Waals surface area (Å²) in [5.74, 6) is 1.20. The van der Waals surface area contributed by atoms with Crippen LogP contribution in [0.4, 0.5) is 0 Å². The number of carbonyl (C=O) groups excluding carboxylic acids is 1. The van der Waals surface area contributed by atoms with E-state index in [4.69, 9.17) is 25.8 Å². The second-order valence-electron chi connectivity index (χ2n) is 5.97. The van der Waals surface area contributed by atoms with Crippen molar-refractivity contribution in [2.45, 2.75) is 26.9 Å². The van der Waals surface area contributed by atoms with Gasteiger partial charge in [0, 0.05) is 5.02 Å². The molecule has 1 amide bonds. The highest BCUT2D eigenvalue weighted by atomic mass is 79.9. The van der Waals surface area contributed by atoms with Gasteiger partial charge in [0.05, 0.1) is 36.1 Å². The Hall–Kier alpha value is -2.25. The Balaban J connectivity index is 2.20. The fourth-order valence-electron chi connectivity index (χ4n) is 2.36. The van der Waals surface area contributed by atoms with E-state index in [1.165, 1.54) is 19.4 Å². The quantitative estimate of drug-likeness (QED) is 0.433. The molecule has 150 valence electrons. The van der Waals surface area contributed by atoms with Crippen LogP contribution in [0, 0.1) is 0 Å². The van der Waals surface area contributed by atoms with Crippen LogP contribution in [-0.4, -0.2) is 31.9 Å². The highest BCUT2D eigenvalue weighted by Crippen LogP contribution is 2.37. The Kier molecular flexibility index (Phi) is 8.14. The van der Waals surface area contributed by atoms with E-state index >= 15 is 0 Å². The predicted octanol–water partition coefficient (Wildman–Crippen LogP) is 5.06. The molecule has 0 fully saturated rings. The zero-order valence-electron chi connectivity index (χ0n) is 16.1. The van der Waals surface area contributed by atoms with E-state index in [0.717, 1.165) is 10.0 Å². The number of nitrogens with zero attached hydrogens (tertiary/aromatic N) is 1. The first-order chi connectivity index (χ1) is 13.3. The van der Waals surface area contributed by atoms with Crippen LogP contribution in [0.5, 0.6) is 17.2 Å². The molecule has 1 N–H and O–H groups in total. The highest BCUT2D eigenvalue weighted by molar-refractivity contribution is 9.10. The van der Waals surface area contributed by atoms with E-state index in [-0.39, 0.29) is 6.10 Å². The van der Waals surface area contributed by atoms with Crippen LogP contribution in [0.15, 0.2) is 39.9 Å². The lowest BCUT2D eigenvalue weighted by Gasteiger charge is -2.16. The lowest BCUT2D eigenvalue weighted by atomic mass is 10.2. The van der Waals surface area contributed by atoms with Crippen LogP contribution in [0.2, 0.25) is 5.02 Å². The van der Waals surface area contributed by atoms with Gasteiger partial charge in [0.15, 0.2) is 11.5 Å². The van der Waals surface area contributed by atoms with Gasteiger partial charge in [-0.05, 0) is 72.6 Å². The highest BCUT2D eigenvalue weighted by Gasteiger charge is 2.14. The number of ether oxygens (including phenoxy) is 3. The number of carbonyl (C=O) groups is 1. The molecule has 0 saturated carbocycles. The van der Waals surface area contributed by atoms with E-state index in [1.54, 1.807) is 18.2 Å². The summed E-state index contributed by atoms with van der Waals surface area (Å²) < 4.78 is 17.4. The number of benzene rings is 2. The molecule has 0 spiro atoms. The number of halogens is 2. The Bertz CT molecular complexity index is 872. The zero-order valence-corrected chi connectivity index (χ0v) is 18.4. The van der Waals surface area contributed by atoms with Crippen molar-refractivity contribution in [3.8, 4) is 17.2 Å². The van der Waals surface area contributed by atoms with Crippen LogP contribution in [-0.2, 0) is 0 Å². The molecular weight excluding hydrogens is 448 g/mol. The molecule has 0 aliphatic rings. The third kappa shape index (κ3) is 5.87. The minimum Gasteiger partial charge on any atom is -0.496 e. The van der Waals surface area contributed by atoms with Gasteiger partial charge < -0.3 is 14.2 Å². The van der Waals surface area contributed by atoms with Gasteiger partial charge in [-0.25, -0.2) is 5.43 Å². The van der Waals surface area contributed by atoms with Gasteiger partial charge in [0.1, 0.15) is 5.75 Å². The zero-order chi connectivity index (χ0) is 20.7. The van der Waals surface area contributed by atoms with Crippen molar-refractivity contribution in [1.82, 2.24) is 5.43 Å². The molecular formula is C20H22BrClN2O4. The summed E-state index contributed by atoms with van der Waals surface area (Å²) in [5.41, 5.74) is 3.49. The molecule has 0 aromatic heterocycles. The number of nitrogens with one attached hydrogen (secondary N) is 1. The van der Waals surface area contributed by atoms with Crippen LogP contribution >= 0.6 is 27.5 Å². The van der Waals surface area contributed by atoms with E-state index < -0.39 is 5.91 Å². The lowest BCUT2D eigenvalue weighted by Crippen LogP contribution is -2.18. The molecule has 0 bridgehead atoms. The fraction of sp³-hybridized carbons (Fsp3) is 0.300. The standard InChI is InChI=1S/C20H22BrClN2O4/c1-5-27-18-9-13(8-16(21)19(18)28-12(2)3)11-23-24-20(25)15-10-14(22)6-7-17(15)26-4/h6-12H,5H2,1-4H3,(H,24,25)/b23-11+. The van der Waals surface area contributed by atoms with Gasteiger partial charge in [-0.1, -0.05) is 11.6 Å². The number of hydrogen-bond acceptors (Lipinski definition) is 5. The number of hydrogen-bond donors (Lipinski definition) is 1. The summed E-state index contributed by atoms with van der Waals surface area (Å²) in [6.45, 7) is 6.27. The molecule has 0 saturated heterocycles. The molecule has 2 aromatic rings. The van der Waals surface area contributed by atoms with Crippen molar-refractivity contribution in [2.75, 3.05) is 13.7 Å². The van der Waals surface area contributed by atoms with Gasteiger partial charge in [-0.2, -0.15) is 5.10 Å². The maximum absolute atomic E-state index is 12.4. The molecule has 0 heterocycles. The van der Waals surface area contributed by atoms with Crippen LogP contribution in [0.25, 0.3) is 0 Å². The maximum Gasteiger partial charge on any atom is 0.275 e. The molecule has 0 aliphatic carbocycles. The average molecular weight is 470 g/mol. The summed E-state index contributed by atoms with van der Waals surface area (Å²) in [5, 5.41) is 4.45. The van der Waals surface area contributed by atoms with Gasteiger partial charge in [-0.3, -0.25) is 4.79 Å². The summed E-state index contributed by atoms with van der Waals surface area (Å²) >= 11 is 9.45. The molecule has 8 heteroatoms. The third-order valence-corrected chi connectivity index (χ3v) is 4.30. The molecule has 0 radical (unpaired) electrons. The monoisotopic (exact) mass is 468 g/mol. The average Bonchev–Trinajstić information content (AvgIpc) is 2.64. The summed E-state index contributed by atoms with van der Waals surface area (Å²) in [7, 11) is 1.48. The molecule has 2 rings (SSSR count). The number of rotatable bonds is 8. The maximum atomic E-state index is 12.4. The van der Waals surface area contributed by atoms with E-state index in [0.29, 0.717) is 34.4 Å². The van der Waals surface area contributed by atoms with Crippen molar-refractivity contribution in [2.24, 2.45) is 5.10 Å². The van der Waals surface area contributed by atoms with Gasteiger partial charge in [-0.15, -0.1) is 0 Å². The SMILES string of the molecule is CCOc1cc(/C=N/NC(=O)c2cc(Cl)ccc2OC)cc(Br)c1OC(C)C. The van der Waals surface area contributed by atoms with Gasteiger partial charge >= 0.3 is 0 Å². The van der Waals surface area contributed by atoms with Crippen molar-refractivity contribution < 1.29 is 19.0 Å². The van der Waals surface area contributed by atoms with Gasteiger partial charge in [0.2, 0.25) is 0 Å². The smallest absolute Gasteiger partial charge is 0.275 e. The molecule has 0 aliphatic heterocycles. The Morgan fingerprint density at radius 2 is 2.04 bits per heavy atom. The van der Waals surface area contributed by atoms with Crippen LogP contribution < -0.4 is 19.6 Å². The molecule has 6 nitrogen and oxygen atoms in total. The molecule has 0 unspecified atom stereocenters. The second-order valence-corrected chi connectivity index (χ2v) is 7.26. The second kappa shape index (κ2) is 10.3. The van der Waals surface area contributed by atoms with Gasteiger partial charge in [0.25, 0.3) is 5.91 Å². The van der Waals surface area contributed by atoms with Crippen LogP contribution in [0.1, 0.15) is 36.7 Å². The number of amides is 1. The Morgan fingerprint density at radius 1 is 1.29 bits per heavy atom. The van der Waals surface area contributed by atoms with Crippen molar-refractivity contribution in [1.29, 1.82) is 0 Å². The molecule has 28 heavy (non-hydrogen) atoms. The van der Waals surface area contributed by atoms with E-state index in [2.05, 4.69) is 26.5 Å². The number of hydrazone groups is 1. The Labute approximate surface area is 177 Å². The third-order valence-electron chi connectivity index (χ3n) is 3.47. The largest absolute Gasteiger partial charge is 0.496 e. The predicted molar refractivity (Wildman–Crippen MR) is 114 cm³/mol. The number of methoxy groups -OCH3 is 1. The lowest BCUT2D eigenvalue weighted by molar-refractivity contribution is 0.0952. The first-order valence-corrected chi connectivity index (χ1v) is 9.82. The first-order valence-electron chi connectivity index (χ1n) is 8.65. The topological polar surface area (TPSA) is 69.2 Å². The van der Waals surface area contributed by atoms with Crippen LogP contribution in [0.3, 0.4) is 0 Å². The first kappa shape index (κ1) is 22.0. The van der Waals surface area contributed by atoms with E-state index in [9.17, 15) is 4.79 Å². The summed E-state index contributed by atoms with van der Waals surface area (Å²) in [6.07, 6.45) is 1.52. The minimum atomic E-state index is -0.431. The van der Waals surface area contributed by atoms with Crippen molar-refractivity contribution in [3.05, 3.63) is 51.0 Å². The normalized spacial score (nSPS) is 11.0. The minimum absolute atomic E-state index is 0.00184. The molecule has 2 aromatic carbocycles. The van der Waals surface area contributed by atoms with Crippen molar-refractivity contribution >= 4 is 39.7 Å².